The maximum absolute atomic E-state index is 11.9. The Kier molecular flexibility index (Phi) is 14.5. The van der Waals surface area contributed by atoms with Crippen LogP contribution in [0.25, 0.3) is 0 Å². The summed E-state index contributed by atoms with van der Waals surface area (Å²) in [7, 11) is 0. The third kappa shape index (κ3) is 12.9. The lowest BCUT2D eigenvalue weighted by atomic mass is 10.0. The molecule has 1 rings (SSSR count). The fourth-order valence-corrected chi connectivity index (χ4v) is 3.42. The van der Waals surface area contributed by atoms with Crippen LogP contribution in [0.2, 0.25) is 0 Å². The van der Waals surface area contributed by atoms with E-state index in [1.54, 1.807) is 0 Å². The molecule has 1 fully saturated rings. The van der Waals surface area contributed by atoms with Crippen molar-refractivity contribution in [3.8, 4) is 0 Å². The van der Waals surface area contributed by atoms with E-state index in [1.165, 1.54) is 57.8 Å². The molecule has 0 N–H and O–H groups in total. The molecule has 0 atom stereocenters. The minimum absolute atomic E-state index is 0.483. The fraction of sp³-hybridized carbons (Fsp3) is 0.952. The van der Waals surface area contributed by atoms with E-state index >= 15 is 0 Å². The van der Waals surface area contributed by atoms with Crippen molar-refractivity contribution in [2.45, 2.75) is 96.8 Å². The van der Waals surface area contributed by atoms with Gasteiger partial charge in [0.05, 0.1) is 13.2 Å². The van der Waals surface area contributed by atoms with Gasteiger partial charge in [-0.1, -0.05) is 64.7 Å². The van der Waals surface area contributed by atoms with Gasteiger partial charge < -0.3 is 4.74 Å². The molecule has 0 radical (unpaired) electrons. The van der Waals surface area contributed by atoms with Gasteiger partial charge in [0, 0.05) is 25.9 Å². The molecule has 0 aromatic heterocycles. The molecule has 3 heteroatoms. The van der Waals surface area contributed by atoms with Crippen LogP contribution in [-0.4, -0.2) is 43.5 Å². The average Bonchev–Trinajstić information content (AvgIpc) is 2.61. The van der Waals surface area contributed by atoms with E-state index < -0.39 is 0 Å². The summed E-state index contributed by atoms with van der Waals surface area (Å²) in [5, 5.41) is 0. The number of rotatable bonds is 16. The van der Waals surface area contributed by atoms with E-state index in [4.69, 9.17) is 4.74 Å². The lowest BCUT2D eigenvalue weighted by Gasteiger charge is -2.26. The Hall–Kier alpha value is -0.410. The first-order valence-corrected chi connectivity index (χ1v) is 10.6. The zero-order valence-corrected chi connectivity index (χ0v) is 16.2. The zero-order valence-electron chi connectivity index (χ0n) is 16.2. The third-order valence-electron chi connectivity index (χ3n) is 5.09. The summed E-state index contributed by atoms with van der Waals surface area (Å²) in [5.41, 5.74) is 0. The van der Waals surface area contributed by atoms with Gasteiger partial charge in [0.15, 0.2) is 0 Å². The van der Waals surface area contributed by atoms with Gasteiger partial charge in [-0.25, -0.2) is 0 Å². The molecule has 0 aromatic rings. The van der Waals surface area contributed by atoms with Crippen molar-refractivity contribution in [3.63, 3.8) is 0 Å². The quantitative estimate of drug-likeness (QED) is 0.354. The van der Waals surface area contributed by atoms with Gasteiger partial charge in [0.2, 0.25) is 0 Å². The molecule has 142 valence electrons. The molecular weight excluding hydrogens is 298 g/mol. The number of carbonyl (C=O) groups excluding carboxylic acids is 1. The van der Waals surface area contributed by atoms with Crippen molar-refractivity contribution >= 4 is 5.78 Å². The smallest absolute Gasteiger partial charge is 0.132 e. The maximum Gasteiger partial charge on any atom is 0.132 e. The number of hydrogen-bond acceptors (Lipinski definition) is 3. The molecule has 0 bridgehead atoms. The van der Waals surface area contributed by atoms with Crippen LogP contribution in [0, 0.1) is 0 Å². The van der Waals surface area contributed by atoms with Gasteiger partial charge in [-0.3, -0.25) is 9.69 Å². The highest BCUT2D eigenvalue weighted by Gasteiger charge is 2.09. The second-order valence-electron chi connectivity index (χ2n) is 7.38. The average molecular weight is 340 g/mol. The topological polar surface area (TPSA) is 29.5 Å². The van der Waals surface area contributed by atoms with E-state index in [2.05, 4.69) is 11.8 Å². The maximum atomic E-state index is 11.9. The van der Waals surface area contributed by atoms with Gasteiger partial charge in [-0.15, -0.1) is 0 Å². The number of ketones is 1. The zero-order chi connectivity index (χ0) is 17.3. The molecule has 0 unspecified atom stereocenters. The largest absolute Gasteiger partial charge is 0.379 e. The predicted octanol–water partition coefficient (Wildman–Crippen LogP) is 5.37. The van der Waals surface area contributed by atoms with Crippen LogP contribution >= 0.6 is 0 Å². The second kappa shape index (κ2) is 16.1. The van der Waals surface area contributed by atoms with E-state index in [9.17, 15) is 4.79 Å². The predicted molar refractivity (Wildman–Crippen MR) is 103 cm³/mol. The van der Waals surface area contributed by atoms with Gasteiger partial charge in [-0.2, -0.15) is 0 Å². The molecule has 0 amide bonds. The molecule has 1 saturated heterocycles. The summed E-state index contributed by atoms with van der Waals surface area (Å²) < 4.78 is 5.35. The van der Waals surface area contributed by atoms with Crippen molar-refractivity contribution in [1.82, 2.24) is 4.90 Å². The molecule has 1 heterocycles. The minimum Gasteiger partial charge on any atom is -0.379 e. The number of Topliss-reactive ketones (excluding diaryl/α,β-unsaturated/α-hetero) is 1. The highest BCUT2D eigenvalue weighted by molar-refractivity contribution is 5.78. The first-order chi connectivity index (χ1) is 11.8. The molecule has 0 spiro atoms. The van der Waals surface area contributed by atoms with Crippen molar-refractivity contribution in [2.75, 3.05) is 32.8 Å². The van der Waals surface area contributed by atoms with Crippen LogP contribution in [0.15, 0.2) is 0 Å². The van der Waals surface area contributed by atoms with Crippen molar-refractivity contribution in [1.29, 1.82) is 0 Å². The highest BCUT2D eigenvalue weighted by atomic mass is 16.5. The highest BCUT2D eigenvalue weighted by Crippen LogP contribution is 2.12. The molecule has 3 nitrogen and oxygen atoms in total. The summed E-state index contributed by atoms with van der Waals surface area (Å²) in [4.78, 5) is 14.4. The van der Waals surface area contributed by atoms with Crippen molar-refractivity contribution in [2.24, 2.45) is 0 Å². The number of nitrogens with zero attached hydrogens (tertiary/aromatic N) is 1. The Bertz CT molecular complexity index is 288. The normalized spacial score (nSPS) is 15.7. The summed E-state index contributed by atoms with van der Waals surface area (Å²) in [6.45, 7) is 7.27. The molecule has 1 aliphatic heterocycles. The number of morpholine rings is 1. The SMILES string of the molecule is CCCCCCCCCCCCC(=O)CCCCN1CCOCC1. The molecule has 24 heavy (non-hydrogen) atoms. The Balaban J connectivity index is 1.78. The standard InChI is InChI=1S/C21H41NO2/c1-2-3-4-5-6-7-8-9-10-11-14-21(23)15-12-13-16-22-17-19-24-20-18-22/h2-20H2,1H3. The summed E-state index contributed by atoms with van der Waals surface area (Å²) >= 11 is 0. The molecule has 0 saturated carbocycles. The lowest BCUT2D eigenvalue weighted by Crippen LogP contribution is -2.36. The fourth-order valence-electron chi connectivity index (χ4n) is 3.42. The van der Waals surface area contributed by atoms with Gasteiger partial charge in [-0.05, 0) is 25.8 Å². The Morgan fingerprint density at radius 2 is 1.25 bits per heavy atom. The first-order valence-electron chi connectivity index (χ1n) is 10.6. The van der Waals surface area contributed by atoms with Crippen LogP contribution in [0.4, 0.5) is 0 Å². The molecule has 0 aromatic carbocycles. The summed E-state index contributed by atoms with van der Waals surface area (Å²) in [5.74, 6) is 0.483. The second-order valence-corrected chi connectivity index (χ2v) is 7.38. The Morgan fingerprint density at radius 3 is 1.83 bits per heavy atom. The summed E-state index contributed by atoms with van der Waals surface area (Å²) in [6, 6.07) is 0. The molecule has 0 aliphatic carbocycles. The number of unbranched alkanes of at least 4 members (excludes halogenated alkanes) is 10. The minimum atomic E-state index is 0.483. The van der Waals surface area contributed by atoms with Crippen LogP contribution in [0.3, 0.4) is 0 Å². The Morgan fingerprint density at radius 1 is 0.750 bits per heavy atom. The molecule has 1 aliphatic rings. The van der Waals surface area contributed by atoms with E-state index in [-0.39, 0.29) is 0 Å². The van der Waals surface area contributed by atoms with E-state index in [0.717, 1.165) is 65.0 Å². The number of carbonyl (C=O) groups is 1. The summed E-state index contributed by atoms with van der Waals surface area (Å²) in [6.07, 6.45) is 17.2. The van der Waals surface area contributed by atoms with Crippen LogP contribution < -0.4 is 0 Å². The van der Waals surface area contributed by atoms with Gasteiger partial charge in [0.1, 0.15) is 5.78 Å². The lowest BCUT2D eigenvalue weighted by molar-refractivity contribution is -0.119. The van der Waals surface area contributed by atoms with Crippen LogP contribution in [0.1, 0.15) is 96.8 Å². The third-order valence-corrected chi connectivity index (χ3v) is 5.09. The van der Waals surface area contributed by atoms with E-state index in [0.29, 0.717) is 5.78 Å². The molecular formula is C21H41NO2. The monoisotopic (exact) mass is 339 g/mol. The van der Waals surface area contributed by atoms with Crippen molar-refractivity contribution in [3.05, 3.63) is 0 Å². The number of ether oxygens (including phenoxy) is 1. The first kappa shape index (κ1) is 21.6. The Labute approximate surface area is 150 Å². The van der Waals surface area contributed by atoms with Crippen molar-refractivity contribution < 1.29 is 9.53 Å². The van der Waals surface area contributed by atoms with E-state index in [1.807, 2.05) is 0 Å². The van der Waals surface area contributed by atoms with Crippen LogP contribution in [-0.2, 0) is 9.53 Å². The van der Waals surface area contributed by atoms with Gasteiger partial charge >= 0.3 is 0 Å². The number of hydrogen-bond donors (Lipinski definition) is 0. The van der Waals surface area contributed by atoms with Gasteiger partial charge in [0.25, 0.3) is 0 Å². The van der Waals surface area contributed by atoms with Crippen LogP contribution in [0.5, 0.6) is 0 Å².